The molecular formula is C23H30IN5O. The molecule has 0 spiro atoms. The quantitative estimate of drug-likeness (QED) is 0.285. The molecule has 0 bridgehead atoms. The standard InChI is InChI=1S/C23H29N5O.HI/c1-16-6-9-18(10-7-16)22-27-20(15-29-22)14-26-23(24-3)25-13-19-11-8-17(2)12-21(19)28(4)5;/h6-12,15H,13-14H2,1-5H3,(H2,24,25,26);1H. The molecule has 0 atom stereocenters. The average Bonchev–Trinajstić information content (AvgIpc) is 3.18. The van der Waals surface area contributed by atoms with Gasteiger partial charge < -0.3 is 20.0 Å². The van der Waals surface area contributed by atoms with Gasteiger partial charge in [0.25, 0.3) is 0 Å². The molecule has 0 amide bonds. The first-order valence-corrected chi connectivity index (χ1v) is 9.69. The molecule has 1 heterocycles. The Hall–Kier alpha value is -2.55. The van der Waals surface area contributed by atoms with Crippen LogP contribution >= 0.6 is 24.0 Å². The number of aromatic nitrogens is 1. The number of hydrogen-bond acceptors (Lipinski definition) is 4. The van der Waals surface area contributed by atoms with E-state index in [0.717, 1.165) is 17.2 Å². The Morgan fingerprint density at radius 1 is 1.00 bits per heavy atom. The lowest BCUT2D eigenvalue weighted by Crippen LogP contribution is -2.36. The number of halogens is 1. The summed E-state index contributed by atoms with van der Waals surface area (Å²) in [5, 5.41) is 6.66. The fourth-order valence-electron chi connectivity index (χ4n) is 3.03. The molecule has 0 fully saturated rings. The van der Waals surface area contributed by atoms with Crippen LogP contribution in [-0.2, 0) is 13.1 Å². The lowest BCUT2D eigenvalue weighted by Gasteiger charge is -2.19. The molecule has 6 nitrogen and oxygen atoms in total. The molecule has 30 heavy (non-hydrogen) atoms. The third kappa shape index (κ3) is 6.22. The Balaban J connectivity index is 0.00000320. The van der Waals surface area contributed by atoms with Gasteiger partial charge in [-0.25, -0.2) is 4.98 Å². The topological polar surface area (TPSA) is 65.7 Å². The van der Waals surface area contributed by atoms with E-state index in [1.165, 1.54) is 22.4 Å². The Kier molecular flexibility index (Phi) is 8.71. The number of hydrogen-bond donors (Lipinski definition) is 2. The summed E-state index contributed by atoms with van der Waals surface area (Å²) in [4.78, 5) is 11.0. The van der Waals surface area contributed by atoms with Gasteiger partial charge in [0.2, 0.25) is 5.89 Å². The van der Waals surface area contributed by atoms with Gasteiger partial charge in [0.15, 0.2) is 5.96 Å². The Labute approximate surface area is 195 Å². The Morgan fingerprint density at radius 2 is 1.67 bits per heavy atom. The second kappa shape index (κ2) is 11.0. The predicted octanol–water partition coefficient (Wildman–Crippen LogP) is 4.51. The van der Waals surface area contributed by atoms with Crippen LogP contribution in [0.15, 0.2) is 58.1 Å². The molecule has 7 heteroatoms. The molecule has 160 valence electrons. The summed E-state index contributed by atoms with van der Waals surface area (Å²) >= 11 is 0. The molecule has 0 saturated heterocycles. The van der Waals surface area contributed by atoms with Crippen LogP contribution in [0.5, 0.6) is 0 Å². The van der Waals surface area contributed by atoms with Crippen molar-refractivity contribution in [1.82, 2.24) is 15.6 Å². The van der Waals surface area contributed by atoms with Crippen molar-refractivity contribution in [2.24, 2.45) is 4.99 Å². The molecule has 0 saturated carbocycles. The summed E-state index contributed by atoms with van der Waals surface area (Å²) in [6.45, 7) is 5.38. The van der Waals surface area contributed by atoms with Crippen LogP contribution in [0.2, 0.25) is 0 Å². The van der Waals surface area contributed by atoms with Crippen LogP contribution in [0.3, 0.4) is 0 Å². The SMILES string of the molecule is CN=C(NCc1coc(-c2ccc(C)cc2)n1)NCc1ccc(C)cc1N(C)C.I. The van der Waals surface area contributed by atoms with Crippen molar-refractivity contribution in [3.05, 3.63) is 71.1 Å². The van der Waals surface area contributed by atoms with Crippen molar-refractivity contribution in [1.29, 1.82) is 0 Å². The van der Waals surface area contributed by atoms with Gasteiger partial charge in [-0.15, -0.1) is 24.0 Å². The smallest absolute Gasteiger partial charge is 0.226 e. The number of anilines is 1. The normalized spacial score (nSPS) is 11.0. The van der Waals surface area contributed by atoms with Crippen molar-refractivity contribution < 1.29 is 4.42 Å². The van der Waals surface area contributed by atoms with Crippen molar-refractivity contribution >= 4 is 35.6 Å². The monoisotopic (exact) mass is 519 g/mol. The first-order chi connectivity index (χ1) is 14.0. The molecule has 0 unspecified atom stereocenters. The minimum absolute atomic E-state index is 0. The second-order valence-electron chi connectivity index (χ2n) is 7.32. The first kappa shape index (κ1) is 23.7. The van der Waals surface area contributed by atoms with E-state index in [2.05, 4.69) is 83.8 Å². The zero-order valence-corrected chi connectivity index (χ0v) is 20.5. The van der Waals surface area contributed by atoms with Gasteiger partial charge in [0, 0.05) is 38.9 Å². The molecular weight excluding hydrogens is 489 g/mol. The number of benzene rings is 2. The minimum Gasteiger partial charge on any atom is -0.444 e. The molecule has 3 aromatic rings. The lowest BCUT2D eigenvalue weighted by molar-refractivity contribution is 0.572. The van der Waals surface area contributed by atoms with E-state index >= 15 is 0 Å². The van der Waals surface area contributed by atoms with Gasteiger partial charge in [-0.1, -0.05) is 29.8 Å². The third-order valence-corrected chi connectivity index (χ3v) is 4.68. The summed E-state index contributed by atoms with van der Waals surface area (Å²) in [7, 11) is 5.88. The lowest BCUT2D eigenvalue weighted by atomic mass is 10.1. The van der Waals surface area contributed by atoms with E-state index in [4.69, 9.17) is 4.42 Å². The van der Waals surface area contributed by atoms with Crippen LogP contribution in [0.1, 0.15) is 22.4 Å². The first-order valence-electron chi connectivity index (χ1n) is 9.69. The third-order valence-electron chi connectivity index (χ3n) is 4.68. The number of guanidine groups is 1. The predicted molar refractivity (Wildman–Crippen MR) is 135 cm³/mol. The summed E-state index contributed by atoms with van der Waals surface area (Å²) in [6, 6.07) is 14.6. The van der Waals surface area contributed by atoms with Crippen LogP contribution < -0.4 is 15.5 Å². The summed E-state index contributed by atoms with van der Waals surface area (Å²) in [6.07, 6.45) is 1.68. The number of aryl methyl sites for hydroxylation is 2. The average molecular weight is 519 g/mol. The maximum absolute atomic E-state index is 5.62. The van der Waals surface area contributed by atoms with Crippen molar-refractivity contribution in [2.75, 3.05) is 26.0 Å². The van der Waals surface area contributed by atoms with Gasteiger partial charge in [0.1, 0.15) is 6.26 Å². The molecule has 0 aliphatic carbocycles. The van der Waals surface area contributed by atoms with Crippen LogP contribution in [0.4, 0.5) is 5.69 Å². The van der Waals surface area contributed by atoms with E-state index in [-0.39, 0.29) is 24.0 Å². The van der Waals surface area contributed by atoms with Crippen LogP contribution in [-0.4, -0.2) is 32.1 Å². The molecule has 2 aromatic carbocycles. The molecule has 1 aromatic heterocycles. The van der Waals surface area contributed by atoms with Crippen molar-refractivity contribution in [3.63, 3.8) is 0 Å². The van der Waals surface area contributed by atoms with Gasteiger partial charge in [0.05, 0.1) is 12.2 Å². The van der Waals surface area contributed by atoms with Gasteiger partial charge in [-0.05, 0) is 43.2 Å². The Bertz CT molecular complexity index is 980. The Morgan fingerprint density at radius 3 is 2.33 bits per heavy atom. The van der Waals surface area contributed by atoms with E-state index in [1.54, 1.807) is 13.3 Å². The summed E-state index contributed by atoms with van der Waals surface area (Å²) in [5.74, 6) is 1.34. The minimum atomic E-state index is 0. The maximum atomic E-state index is 5.62. The van der Waals surface area contributed by atoms with Gasteiger partial charge in [-0.2, -0.15) is 0 Å². The highest BCUT2D eigenvalue weighted by Crippen LogP contribution is 2.20. The van der Waals surface area contributed by atoms with Crippen molar-refractivity contribution in [3.8, 4) is 11.5 Å². The molecule has 0 radical (unpaired) electrons. The number of aliphatic imine (C=N–C) groups is 1. The van der Waals surface area contributed by atoms with Crippen LogP contribution in [0.25, 0.3) is 11.5 Å². The molecule has 0 aliphatic rings. The highest BCUT2D eigenvalue weighted by atomic mass is 127. The zero-order chi connectivity index (χ0) is 20.8. The van der Waals surface area contributed by atoms with E-state index in [9.17, 15) is 0 Å². The van der Waals surface area contributed by atoms with E-state index in [0.29, 0.717) is 19.0 Å². The molecule has 2 N–H and O–H groups in total. The molecule has 0 aliphatic heterocycles. The molecule has 3 rings (SSSR count). The summed E-state index contributed by atoms with van der Waals surface area (Å²) < 4.78 is 5.62. The second-order valence-corrected chi connectivity index (χ2v) is 7.32. The fraction of sp³-hybridized carbons (Fsp3) is 0.304. The number of nitrogens with zero attached hydrogens (tertiary/aromatic N) is 3. The van der Waals surface area contributed by atoms with E-state index < -0.39 is 0 Å². The van der Waals surface area contributed by atoms with Crippen molar-refractivity contribution in [2.45, 2.75) is 26.9 Å². The number of oxazole rings is 1. The zero-order valence-electron chi connectivity index (χ0n) is 18.2. The summed E-state index contributed by atoms with van der Waals surface area (Å²) in [5.41, 5.74) is 6.67. The van der Waals surface area contributed by atoms with Crippen LogP contribution in [0, 0.1) is 13.8 Å². The highest BCUT2D eigenvalue weighted by molar-refractivity contribution is 14.0. The largest absolute Gasteiger partial charge is 0.444 e. The number of nitrogens with one attached hydrogen (secondary N) is 2. The van der Waals surface area contributed by atoms with E-state index in [1.807, 2.05) is 12.1 Å². The van der Waals surface area contributed by atoms with Gasteiger partial charge in [-0.3, -0.25) is 4.99 Å². The maximum Gasteiger partial charge on any atom is 0.226 e. The fourth-order valence-corrected chi connectivity index (χ4v) is 3.03. The van der Waals surface area contributed by atoms with Gasteiger partial charge >= 0.3 is 0 Å². The highest BCUT2D eigenvalue weighted by Gasteiger charge is 2.09. The number of rotatable bonds is 6.